The normalized spacial score (nSPS) is 20.0. The van der Waals surface area contributed by atoms with E-state index in [0.29, 0.717) is 34.4 Å². The molecule has 2 aliphatic rings. The average molecular weight is 566 g/mol. The number of carbonyl (C=O) groups is 1. The summed E-state index contributed by atoms with van der Waals surface area (Å²) in [4.78, 5) is 26.8. The Hall–Kier alpha value is -4.28. The van der Waals surface area contributed by atoms with Gasteiger partial charge in [-0.3, -0.25) is 15.1 Å². The van der Waals surface area contributed by atoms with Crippen LogP contribution >= 0.6 is 0 Å². The summed E-state index contributed by atoms with van der Waals surface area (Å²) < 4.78 is 1.89. The first-order valence-electron chi connectivity index (χ1n) is 14.7. The highest BCUT2D eigenvalue weighted by molar-refractivity contribution is 6.16. The summed E-state index contributed by atoms with van der Waals surface area (Å²) in [6.45, 7) is 4.58. The number of benzene rings is 2. The predicted molar refractivity (Wildman–Crippen MR) is 168 cm³/mol. The number of aryl methyl sites for hydroxylation is 1. The zero-order valence-corrected chi connectivity index (χ0v) is 24.3. The number of nitrogens with zero attached hydrogens (tertiary/aromatic N) is 5. The average Bonchev–Trinajstić information content (AvgIpc) is 3.35. The van der Waals surface area contributed by atoms with Gasteiger partial charge in [-0.05, 0) is 57.0 Å². The van der Waals surface area contributed by atoms with E-state index in [4.69, 9.17) is 11.1 Å². The van der Waals surface area contributed by atoms with Crippen molar-refractivity contribution in [3.05, 3.63) is 77.7 Å². The fourth-order valence-electron chi connectivity index (χ4n) is 6.29. The van der Waals surface area contributed by atoms with Gasteiger partial charge in [-0.2, -0.15) is 0 Å². The number of nitrogens with two attached hydrogens (primary N) is 1. The molecule has 5 N–H and O–H groups in total. The number of nitrogen functional groups attached to an aromatic ring is 1. The van der Waals surface area contributed by atoms with Gasteiger partial charge in [-0.25, -0.2) is 9.97 Å². The van der Waals surface area contributed by atoms with Gasteiger partial charge < -0.3 is 25.8 Å². The monoisotopic (exact) mass is 565 g/mol. The highest BCUT2D eigenvalue weighted by Crippen LogP contribution is 2.29. The van der Waals surface area contributed by atoms with Crippen molar-refractivity contribution in [2.45, 2.75) is 37.8 Å². The molecule has 0 spiro atoms. The molecule has 1 aliphatic heterocycles. The summed E-state index contributed by atoms with van der Waals surface area (Å²) in [5.74, 6) is 0.687. The minimum absolute atomic E-state index is 0.189. The number of rotatable bonds is 7. The maximum Gasteiger partial charge on any atom is 0.272 e. The highest BCUT2D eigenvalue weighted by atomic mass is 16.1. The van der Waals surface area contributed by atoms with Gasteiger partial charge in [0.15, 0.2) is 0 Å². The third-order valence-electron chi connectivity index (χ3n) is 8.83. The number of nitrogens with one attached hydrogen (secondary N) is 3. The van der Waals surface area contributed by atoms with Crippen LogP contribution < -0.4 is 16.4 Å². The van der Waals surface area contributed by atoms with Crippen LogP contribution in [0.15, 0.2) is 60.9 Å². The number of likely N-dealkylation sites (N-methyl/N-ethyl adjacent to an activating group) is 1. The molecule has 6 rings (SSSR count). The van der Waals surface area contributed by atoms with Crippen LogP contribution in [-0.4, -0.2) is 81.3 Å². The van der Waals surface area contributed by atoms with Gasteiger partial charge in [0.2, 0.25) is 0 Å². The number of carbonyl (C=O) groups excluding carboxylic acids is 1. The lowest BCUT2D eigenvalue weighted by molar-refractivity contribution is 0.0894. The summed E-state index contributed by atoms with van der Waals surface area (Å²) in [6, 6.07) is 18.0. The van der Waals surface area contributed by atoms with E-state index in [0.717, 1.165) is 62.8 Å². The molecule has 42 heavy (non-hydrogen) atoms. The van der Waals surface area contributed by atoms with Crippen LogP contribution in [0.25, 0.3) is 10.9 Å². The Bertz CT molecular complexity index is 1580. The Kier molecular flexibility index (Phi) is 7.90. The first-order valence-corrected chi connectivity index (χ1v) is 14.7. The molecule has 3 heterocycles. The number of para-hydroxylation sites is 1. The Balaban J connectivity index is 1.11. The standard InChI is InChI=1S/C32H39N9O/c1-39-15-17-41(18-16-39)25-13-11-23(12-14-25)37-31-28(30(34)35-20-36-31)29(33)21-7-9-24(10-8-21)38-32(42)27-19-22-5-3-4-6-26(22)40(27)2/h3-10,19-20,23,25,33H,11-18H2,1-2H3,(H,38,42)(H3,34,35,36,37)/t23-,25-. The van der Waals surface area contributed by atoms with Crippen molar-refractivity contribution >= 4 is 39.8 Å². The maximum atomic E-state index is 13.0. The number of fused-ring (bicyclic) bond motifs is 1. The second-order valence-electron chi connectivity index (χ2n) is 11.5. The van der Waals surface area contributed by atoms with Gasteiger partial charge in [0.05, 0.1) is 11.3 Å². The smallest absolute Gasteiger partial charge is 0.272 e. The second-order valence-corrected chi connectivity index (χ2v) is 11.5. The van der Waals surface area contributed by atoms with Gasteiger partial charge in [0.25, 0.3) is 5.91 Å². The van der Waals surface area contributed by atoms with Crippen LogP contribution in [0.2, 0.25) is 0 Å². The Morgan fingerprint density at radius 2 is 1.67 bits per heavy atom. The number of piperazine rings is 1. The van der Waals surface area contributed by atoms with Crippen LogP contribution in [0.5, 0.6) is 0 Å². The number of anilines is 3. The molecule has 4 aromatic rings. The molecule has 218 valence electrons. The minimum atomic E-state index is -0.189. The van der Waals surface area contributed by atoms with E-state index >= 15 is 0 Å². The van der Waals surface area contributed by atoms with Crippen LogP contribution in [0.4, 0.5) is 17.3 Å². The third kappa shape index (κ3) is 5.73. The Morgan fingerprint density at radius 1 is 0.952 bits per heavy atom. The zero-order valence-electron chi connectivity index (χ0n) is 24.3. The van der Waals surface area contributed by atoms with Crippen molar-refractivity contribution < 1.29 is 4.79 Å². The van der Waals surface area contributed by atoms with E-state index < -0.39 is 0 Å². The van der Waals surface area contributed by atoms with Crippen molar-refractivity contribution in [1.29, 1.82) is 5.41 Å². The molecule has 2 aromatic heterocycles. The van der Waals surface area contributed by atoms with E-state index in [1.807, 2.05) is 54.1 Å². The van der Waals surface area contributed by atoms with E-state index in [9.17, 15) is 4.79 Å². The fourth-order valence-corrected chi connectivity index (χ4v) is 6.29. The quantitative estimate of drug-likeness (QED) is 0.247. The molecule has 2 aromatic carbocycles. The van der Waals surface area contributed by atoms with Gasteiger partial charge in [0, 0.05) is 67.5 Å². The summed E-state index contributed by atoms with van der Waals surface area (Å²) in [7, 11) is 4.08. The molecule has 1 amide bonds. The summed E-state index contributed by atoms with van der Waals surface area (Å²) in [6.07, 6.45) is 5.87. The minimum Gasteiger partial charge on any atom is -0.383 e. The van der Waals surface area contributed by atoms with Crippen molar-refractivity contribution in [1.82, 2.24) is 24.3 Å². The molecule has 10 nitrogen and oxygen atoms in total. The molecule has 1 saturated carbocycles. The van der Waals surface area contributed by atoms with Crippen molar-refractivity contribution in [3.8, 4) is 0 Å². The van der Waals surface area contributed by atoms with Crippen LogP contribution in [0, 0.1) is 5.41 Å². The van der Waals surface area contributed by atoms with Gasteiger partial charge >= 0.3 is 0 Å². The van der Waals surface area contributed by atoms with Crippen LogP contribution in [0.3, 0.4) is 0 Å². The predicted octanol–water partition coefficient (Wildman–Crippen LogP) is 4.19. The van der Waals surface area contributed by atoms with Gasteiger partial charge in [0.1, 0.15) is 23.7 Å². The third-order valence-corrected chi connectivity index (χ3v) is 8.83. The Labute approximate surface area is 246 Å². The molecule has 0 bridgehead atoms. The molecule has 10 heteroatoms. The van der Waals surface area contributed by atoms with E-state index in [2.05, 4.69) is 37.4 Å². The van der Waals surface area contributed by atoms with Gasteiger partial charge in [-0.1, -0.05) is 30.3 Å². The summed E-state index contributed by atoms with van der Waals surface area (Å²) in [5, 5.41) is 16.6. The molecule has 2 fully saturated rings. The maximum absolute atomic E-state index is 13.0. The number of hydrogen-bond acceptors (Lipinski definition) is 8. The molecule has 1 saturated heterocycles. The highest BCUT2D eigenvalue weighted by Gasteiger charge is 2.28. The van der Waals surface area contributed by atoms with Crippen molar-refractivity contribution in [2.24, 2.45) is 7.05 Å². The van der Waals surface area contributed by atoms with E-state index in [1.54, 1.807) is 12.1 Å². The molecule has 0 unspecified atom stereocenters. The lowest BCUT2D eigenvalue weighted by Gasteiger charge is -2.41. The molecular weight excluding hydrogens is 526 g/mol. The molecule has 0 radical (unpaired) electrons. The Morgan fingerprint density at radius 3 is 2.38 bits per heavy atom. The van der Waals surface area contributed by atoms with Crippen molar-refractivity contribution in [2.75, 3.05) is 49.6 Å². The lowest BCUT2D eigenvalue weighted by atomic mass is 9.89. The lowest BCUT2D eigenvalue weighted by Crippen LogP contribution is -2.50. The van der Waals surface area contributed by atoms with E-state index in [1.165, 1.54) is 6.33 Å². The topological polar surface area (TPSA) is 128 Å². The number of aromatic nitrogens is 3. The number of amides is 1. The van der Waals surface area contributed by atoms with Crippen molar-refractivity contribution in [3.63, 3.8) is 0 Å². The zero-order chi connectivity index (χ0) is 29.2. The van der Waals surface area contributed by atoms with Crippen LogP contribution in [0.1, 0.15) is 47.3 Å². The fraction of sp³-hybridized carbons (Fsp3) is 0.375. The van der Waals surface area contributed by atoms with E-state index in [-0.39, 0.29) is 23.5 Å². The molecule has 1 aliphatic carbocycles. The largest absolute Gasteiger partial charge is 0.383 e. The number of hydrogen-bond donors (Lipinski definition) is 4. The molecule has 0 atom stereocenters. The second kappa shape index (κ2) is 11.9. The first-order chi connectivity index (χ1) is 20.4. The SMILES string of the molecule is CN1CCN([C@H]2CC[C@H](Nc3ncnc(N)c3C(=N)c3ccc(NC(=O)c4cc5ccccc5n4C)cc3)CC2)CC1. The first kappa shape index (κ1) is 27.9. The van der Waals surface area contributed by atoms with Crippen LogP contribution in [-0.2, 0) is 7.05 Å². The summed E-state index contributed by atoms with van der Waals surface area (Å²) in [5.41, 5.74) is 9.95. The molecular formula is C32H39N9O. The summed E-state index contributed by atoms with van der Waals surface area (Å²) >= 11 is 0. The van der Waals surface area contributed by atoms with Gasteiger partial charge in [-0.15, -0.1) is 0 Å².